The van der Waals surface area contributed by atoms with Crippen LogP contribution in [0.25, 0.3) is 10.9 Å². The zero-order chi connectivity index (χ0) is 23.8. The molecule has 2 aromatic rings. The molecule has 0 radical (unpaired) electrons. The molecule has 1 aromatic carbocycles. The summed E-state index contributed by atoms with van der Waals surface area (Å²) in [5.41, 5.74) is 8.02. The number of para-hydroxylation sites is 1. The number of nitrogens with zero attached hydrogens (tertiary/aromatic N) is 1. The summed E-state index contributed by atoms with van der Waals surface area (Å²) in [6, 6.07) is 6.57. The van der Waals surface area contributed by atoms with Crippen LogP contribution < -0.4 is 11.1 Å². The van der Waals surface area contributed by atoms with Crippen LogP contribution >= 0.6 is 0 Å². The molecule has 0 saturated heterocycles. The van der Waals surface area contributed by atoms with Gasteiger partial charge >= 0.3 is 16.4 Å². The number of esters is 1. The Morgan fingerprint density at radius 2 is 1.81 bits per heavy atom. The number of carbonyl (C=O) groups excluding carboxylic acids is 2. The van der Waals surface area contributed by atoms with Gasteiger partial charge in [-0.1, -0.05) is 32.0 Å². The number of ether oxygens (including phenoxy) is 1. The number of hydrogen-bond acceptors (Lipinski definition) is 6. The minimum absolute atomic E-state index is 0.263. The van der Waals surface area contributed by atoms with E-state index in [1.54, 1.807) is 6.92 Å². The highest BCUT2D eigenvalue weighted by molar-refractivity contribution is 7.79. The van der Waals surface area contributed by atoms with Crippen LogP contribution in [-0.4, -0.2) is 52.7 Å². The third-order valence-corrected chi connectivity index (χ3v) is 4.35. The number of aryl methyl sites for hydroxylation is 1. The number of fused-ring (bicyclic) bond motifs is 1. The van der Waals surface area contributed by atoms with E-state index in [1.165, 1.54) is 0 Å². The number of hydrogen-bond donors (Lipinski definition) is 4. The van der Waals surface area contributed by atoms with Crippen molar-refractivity contribution >= 4 is 33.2 Å². The first kappa shape index (κ1) is 26.6. The lowest BCUT2D eigenvalue weighted by Gasteiger charge is -2.20. The molecule has 0 fully saturated rings. The number of aromatic nitrogens is 1. The fourth-order valence-corrected chi connectivity index (χ4v) is 3.14. The first-order valence-electron chi connectivity index (χ1n) is 9.78. The maximum atomic E-state index is 12.4. The number of nitrogens with one attached hydrogen (secondary N) is 1. The van der Waals surface area contributed by atoms with Crippen molar-refractivity contribution in [3.8, 4) is 0 Å². The van der Waals surface area contributed by atoms with Crippen LogP contribution in [-0.2, 0) is 38.2 Å². The normalized spacial score (nSPS) is 13.3. The van der Waals surface area contributed by atoms with Crippen molar-refractivity contribution in [3.63, 3.8) is 0 Å². The lowest BCUT2D eigenvalue weighted by atomic mass is 10.0. The molecular formula is C20H31N3O7S. The number of benzene rings is 1. The molecule has 0 bridgehead atoms. The van der Waals surface area contributed by atoms with Crippen molar-refractivity contribution in [2.24, 2.45) is 18.7 Å². The number of nitrogens with two attached hydrogens (primary N) is 1. The molecule has 0 aliphatic carbocycles. The predicted octanol–water partition coefficient (Wildman–Crippen LogP) is 1.49. The fraction of sp³-hybridized carbons (Fsp3) is 0.500. The van der Waals surface area contributed by atoms with Crippen LogP contribution in [0.5, 0.6) is 0 Å². The topological polar surface area (TPSA) is 161 Å². The smallest absolute Gasteiger partial charge is 0.394 e. The summed E-state index contributed by atoms with van der Waals surface area (Å²) in [6.45, 7) is 6.02. The second kappa shape index (κ2) is 11.8. The van der Waals surface area contributed by atoms with Crippen LogP contribution in [0, 0.1) is 5.92 Å². The van der Waals surface area contributed by atoms with Crippen molar-refractivity contribution in [2.45, 2.75) is 45.7 Å². The van der Waals surface area contributed by atoms with Crippen molar-refractivity contribution in [1.82, 2.24) is 9.88 Å². The van der Waals surface area contributed by atoms with Crippen LogP contribution in [0.2, 0.25) is 0 Å². The number of amides is 1. The van der Waals surface area contributed by atoms with E-state index in [1.807, 2.05) is 55.9 Å². The molecule has 31 heavy (non-hydrogen) atoms. The lowest BCUT2D eigenvalue weighted by molar-refractivity contribution is -0.147. The Morgan fingerprint density at radius 3 is 2.35 bits per heavy atom. The van der Waals surface area contributed by atoms with Crippen LogP contribution in [0.1, 0.15) is 32.8 Å². The molecule has 0 aliphatic rings. The average Bonchev–Trinajstić information content (AvgIpc) is 2.95. The molecule has 10 nitrogen and oxygen atoms in total. The summed E-state index contributed by atoms with van der Waals surface area (Å²) in [4.78, 5) is 24.8. The third kappa shape index (κ3) is 9.47. The van der Waals surface area contributed by atoms with Crippen LogP contribution in [0.3, 0.4) is 0 Å². The van der Waals surface area contributed by atoms with Gasteiger partial charge in [0, 0.05) is 30.6 Å². The average molecular weight is 458 g/mol. The summed E-state index contributed by atoms with van der Waals surface area (Å²) >= 11 is 0. The lowest BCUT2D eigenvalue weighted by Crippen LogP contribution is -2.50. The SMILES string of the molecule is CCOC(=O)[C@@H](Cc1cn(C)c2ccccc12)NC(=O)[C@@H](N)CC(C)C.O=S(=O)(O)O. The van der Waals surface area contributed by atoms with E-state index in [4.69, 9.17) is 28.0 Å². The Kier molecular flexibility index (Phi) is 10.1. The van der Waals surface area contributed by atoms with E-state index in [-0.39, 0.29) is 12.5 Å². The summed E-state index contributed by atoms with van der Waals surface area (Å²) in [5.74, 6) is -0.461. The van der Waals surface area contributed by atoms with E-state index in [9.17, 15) is 9.59 Å². The van der Waals surface area contributed by atoms with Gasteiger partial charge in [0.2, 0.25) is 5.91 Å². The number of carbonyl (C=O) groups is 2. The Hall–Kier alpha value is -2.47. The third-order valence-electron chi connectivity index (χ3n) is 4.35. The monoisotopic (exact) mass is 457 g/mol. The molecule has 1 amide bonds. The van der Waals surface area contributed by atoms with E-state index >= 15 is 0 Å². The molecule has 2 atom stereocenters. The molecule has 0 aliphatic heterocycles. The molecule has 0 unspecified atom stereocenters. The maximum absolute atomic E-state index is 12.4. The molecule has 1 aromatic heterocycles. The van der Waals surface area contributed by atoms with Crippen molar-refractivity contribution in [1.29, 1.82) is 0 Å². The van der Waals surface area contributed by atoms with E-state index in [0.29, 0.717) is 18.8 Å². The quantitative estimate of drug-likeness (QED) is 0.342. The molecule has 2 rings (SSSR count). The number of rotatable bonds is 8. The van der Waals surface area contributed by atoms with Gasteiger partial charge in [-0.2, -0.15) is 8.42 Å². The second-order valence-electron chi connectivity index (χ2n) is 7.48. The molecule has 174 valence electrons. The van der Waals surface area contributed by atoms with Crippen molar-refractivity contribution < 1.29 is 31.8 Å². The second-order valence-corrected chi connectivity index (χ2v) is 8.38. The minimum Gasteiger partial charge on any atom is -0.464 e. The zero-order valence-electron chi connectivity index (χ0n) is 18.1. The molecule has 0 saturated carbocycles. The Morgan fingerprint density at radius 1 is 1.23 bits per heavy atom. The van der Waals surface area contributed by atoms with Gasteiger partial charge < -0.3 is 20.4 Å². The zero-order valence-corrected chi connectivity index (χ0v) is 18.9. The molecular weight excluding hydrogens is 426 g/mol. The molecule has 5 N–H and O–H groups in total. The molecule has 1 heterocycles. The summed E-state index contributed by atoms with van der Waals surface area (Å²) in [5, 5.41) is 3.84. The van der Waals surface area contributed by atoms with Gasteiger partial charge in [-0.3, -0.25) is 13.9 Å². The van der Waals surface area contributed by atoms with Gasteiger partial charge in [0.05, 0.1) is 12.6 Å². The maximum Gasteiger partial charge on any atom is 0.394 e. The Balaban J connectivity index is 0.000000861. The molecule has 0 spiro atoms. The first-order valence-corrected chi connectivity index (χ1v) is 11.2. The van der Waals surface area contributed by atoms with E-state index < -0.39 is 28.5 Å². The van der Waals surface area contributed by atoms with E-state index in [0.717, 1.165) is 16.5 Å². The van der Waals surface area contributed by atoms with Crippen molar-refractivity contribution in [2.75, 3.05) is 6.61 Å². The van der Waals surface area contributed by atoms with Crippen LogP contribution in [0.4, 0.5) is 0 Å². The predicted molar refractivity (Wildman–Crippen MR) is 117 cm³/mol. The first-order chi connectivity index (χ1) is 14.3. The highest BCUT2D eigenvalue weighted by atomic mass is 32.3. The van der Waals surface area contributed by atoms with Crippen LogP contribution in [0.15, 0.2) is 30.5 Å². The van der Waals surface area contributed by atoms with Gasteiger partial charge in [0.15, 0.2) is 0 Å². The summed E-state index contributed by atoms with van der Waals surface area (Å²) < 4.78 is 38.8. The van der Waals surface area contributed by atoms with Gasteiger partial charge in [0.1, 0.15) is 6.04 Å². The highest BCUT2D eigenvalue weighted by Gasteiger charge is 2.26. The summed E-state index contributed by atoms with van der Waals surface area (Å²) in [7, 11) is -2.71. The van der Waals surface area contributed by atoms with Gasteiger partial charge in [-0.15, -0.1) is 0 Å². The summed E-state index contributed by atoms with van der Waals surface area (Å²) in [6.07, 6.45) is 2.91. The minimum atomic E-state index is -4.67. The largest absolute Gasteiger partial charge is 0.464 e. The van der Waals surface area contributed by atoms with Crippen molar-refractivity contribution in [3.05, 3.63) is 36.0 Å². The van der Waals surface area contributed by atoms with E-state index in [2.05, 4.69) is 5.32 Å². The Bertz CT molecular complexity index is 978. The Labute approximate surface area is 182 Å². The highest BCUT2D eigenvalue weighted by Crippen LogP contribution is 2.22. The standard InChI is InChI=1S/C20H29N3O3.H2O4S/c1-5-26-20(25)17(22-19(24)16(21)10-13(2)3)11-14-12-23(4)18-9-7-6-8-15(14)18;1-5(2,3)4/h6-9,12-13,16-17H,5,10-11,21H2,1-4H3,(H,22,24);(H2,1,2,3,4)/t16-,17+;/m0./s1. The van der Waals surface area contributed by atoms with Gasteiger partial charge in [-0.05, 0) is 30.9 Å². The fourth-order valence-electron chi connectivity index (χ4n) is 3.14. The van der Waals surface area contributed by atoms with Gasteiger partial charge in [0.25, 0.3) is 0 Å². The van der Waals surface area contributed by atoms with Gasteiger partial charge in [-0.25, -0.2) is 4.79 Å². The molecule has 11 heteroatoms.